The molecule has 110 valence electrons. The van der Waals surface area contributed by atoms with Gasteiger partial charge in [-0.25, -0.2) is 0 Å². The molecule has 2 fully saturated rings. The summed E-state index contributed by atoms with van der Waals surface area (Å²) in [6.45, 7) is 7.34. The molecule has 0 saturated carbocycles. The molecule has 0 spiro atoms. The van der Waals surface area contributed by atoms with Gasteiger partial charge in [-0.3, -0.25) is 9.69 Å². The second kappa shape index (κ2) is 7.25. The van der Waals surface area contributed by atoms with Gasteiger partial charge in [0.2, 0.25) is 5.91 Å². The van der Waals surface area contributed by atoms with Gasteiger partial charge in [0.05, 0.1) is 0 Å². The maximum absolute atomic E-state index is 12.3. The molecular weight excluding hydrogens is 238 g/mol. The summed E-state index contributed by atoms with van der Waals surface area (Å²) in [6.07, 6.45) is 5.46. The Morgan fingerprint density at radius 1 is 1.26 bits per heavy atom. The Morgan fingerprint density at radius 2 is 2.00 bits per heavy atom. The third kappa shape index (κ3) is 4.18. The Kier molecular flexibility index (Phi) is 5.64. The Morgan fingerprint density at radius 3 is 2.68 bits per heavy atom. The van der Waals surface area contributed by atoms with Gasteiger partial charge in [-0.05, 0) is 51.7 Å². The number of hydrogen-bond donors (Lipinski definition) is 1. The van der Waals surface area contributed by atoms with Crippen molar-refractivity contribution in [3.63, 3.8) is 0 Å². The summed E-state index contributed by atoms with van der Waals surface area (Å²) in [7, 11) is 2.17. The monoisotopic (exact) mass is 267 g/mol. The van der Waals surface area contributed by atoms with Gasteiger partial charge in [0.15, 0.2) is 0 Å². The van der Waals surface area contributed by atoms with Crippen LogP contribution in [0.15, 0.2) is 0 Å². The summed E-state index contributed by atoms with van der Waals surface area (Å²) in [4.78, 5) is 16.8. The van der Waals surface area contributed by atoms with E-state index in [4.69, 9.17) is 0 Å². The summed E-state index contributed by atoms with van der Waals surface area (Å²) in [5, 5.41) is 3.38. The summed E-state index contributed by atoms with van der Waals surface area (Å²) < 4.78 is 0. The summed E-state index contributed by atoms with van der Waals surface area (Å²) in [5.41, 5.74) is 0. The number of amides is 1. The molecule has 2 aliphatic heterocycles. The molecule has 4 heteroatoms. The van der Waals surface area contributed by atoms with E-state index in [0.29, 0.717) is 11.9 Å². The molecule has 0 aliphatic carbocycles. The zero-order valence-electron chi connectivity index (χ0n) is 12.5. The van der Waals surface area contributed by atoms with E-state index in [9.17, 15) is 4.79 Å². The maximum Gasteiger partial charge on any atom is 0.222 e. The topological polar surface area (TPSA) is 35.6 Å². The van der Waals surface area contributed by atoms with Crippen LogP contribution in [0.5, 0.6) is 0 Å². The number of nitrogens with one attached hydrogen (secondary N) is 1. The van der Waals surface area contributed by atoms with Crippen LogP contribution in [0.4, 0.5) is 0 Å². The van der Waals surface area contributed by atoms with Gasteiger partial charge < -0.3 is 10.2 Å². The lowest BCUT2D eigenvalue weighted by Crippen LogP contribution is -2.53. The first-order chi connectivity index (χ1) is 9.20. The zero-order valence-corrected chi connectivity index (χ0v) is 12.5. The van der Waals surface area contributed by atoms with Crippen molar-refractivity contribution in [3.05, 3.63) is 0 Å². The zero-order chi connectivity index (χ0) is 13.7. The van der Waals surface area contributed by atoms with Crippen molar-refractivity contribution < 1.29 is 4.79 Å². The summed E-state index contributed by atoms with van der Waals surface area (Å²) >= 11 is 0. The third-order valence-electron chi connectivity index (χ3n) is 4.83. The molecule has 1 unspecified atom stereocenters. The van der Waals surface area contributed by atoms with Crippen molar-refractivity contribution in [2.75, 3.05) is 39.8 Å². The number of likely N-dealkylation sites (N-methyl/N-ethyl adjacent to an activating group) is 1. The average Bonchev–Trinajstić information content (AvgIpc) is 2.46. The fourth-order valence-corrected chi connectivity index (χ4v) is 3.27. The van der Waals surface area contributed by atoms with Crippen molar-refractivity contribution in [2.45, 2.75) is 45.1 Å². The van der Waals surface area contributed by atoms with Gasteiger partial charge in [0.1, 0.15) is 0 Å². The lowest BCUT2D eigenvalue weighted by Gasteiger charge is -2.39. The van der Waals surface area contributed by atoms with Crippen molar-refractivity contribution in [1.82, 2.24) is 15.1 Å². The molecule has 0 bridgehead atoms. The molecule has 2 heterocycles. The second-order valence-corrected chi connectivity index (χ2v) is 6.11. The number of carbonyl (C=O) groups is 1. The first-order valence-electron chi connectivity index (χ1n) is 7.89. The largest absolute Gasteiger partial charge is 0.340 e. The fourth-order valence-electron chi connectivity index (χ4n) is 3.27. The van der Waals surface area contributed by atoms with Gasteiger partial charge in [-0.15, -0.1) is 0 Å². The minimum atomic E-state index is 0.380. The molecule has 1 amide bonds. The predicted octanol–water partition coefficient (Wildman–Crippen LogP) is 1.32. The highest BCUT2D eigenvalue weighted by Crippen LogP contribution is 2.19. The molecule has 2 aliphatic rings. The Hall–Kier alpha value is -0.610. The van der Waals surface area contributed by atoms with Gasteiger partial charge in [-0.2, -0.15) is 0 Å². The Bertz CT molecular complexity index is 289. The third-order valence-corrected chi connectivity index (χ3v) is 4.83. The van der Waals surface area contributed by atoms with E-state index in [1.165, 1.54) is 12.8 Å². The van der Waals surface area contributed by atoms with E-state index in [-0.39, 0.29) is 0 Å². The number of piperidine rings is 1. The average molecular weight is 267 g/mol. The second-order valence-electron chi connectivity index (χ2n) is 6.11. The lowest BCUT2D eigenvalue weighted by molar-refractivity contribution is -0.134. The predicted molar refractivity (Wildman–Crippen MR) is 78.1 cm³/mol. The van der Waals surface area contributed by atoms with Gasteiger partial charge >= 0.3 is 0 Å². The highest BCUT2D eigenvalue weighted by Gasteiger charge is 2.26. The Balaban J connectivity index is 1.73. The van der Waals surface area contributed by atoms with E-state index >= 15 is 0 Å². The molecular formula is C15H29N3O. The van der Waals surface area contributed by atoms with Crippen LogP contribution in [-0.4, -0.2) is 61.5 Å². The molecule has 0 aromatic heterocycles. The smallest absolute Gasteiger partial charge is 0.222 e. The van der Waals surface area contributed by atoms with Gasteiger partial charge in [0, 0.05) is 32.1 Å². The van der Waals surface area contributed by atoms with Crippen LogP contribution in [0.3, 0.4) is 0 Å². The molecule has 1 atom stereocenters. The molecule has 0 aromatic rings. The molecule has 0 radical (unpaired) electrons. The van der Waals surface area contributed by atoms with E-state index in [0.717, 1.165) is 57.9 Å². The Labute approximate surface area is 117 Å². The maximum atomic E-state index is 12.3. The van der Waals surface area contributed by atoms with Crippen molar-refractivity contribution in [1.29, 1.82) is 0 Å². The van der Waals surface area contributed by atoms with E-state index in [2.05, 4.69) is 29.1 Å². The first-order valence-corrected chi connectivity index (χ1v) is 7.89. The van der Waals surface area contributed by atoms with Gasteiger partial charge in [-0.1, -0.05) is 6.92 Å². The van der Waals surface area contributed by atoms with E-state index < -0.39 is 0 Å². The highest BCUT2D eigenvalue weighted by molar-refractivity contribution is 5.76. The quantitative estimate of drug-likeness (QED) is 0.834. The van der Waals surface area contributed by atoms with Crippen LogP contribution < -0.4 is 5.32 Å². The van der Waals surface area contributed by atoms with Crippen molar-refractivity contribution >= 4 is 5.91 Å². The number of piperazine rings is 1. The van der Waals surface area contributed by atoms with Crippen molar-refractivity contribution in [2.24, 2.45) is 5.92 Å². The molecule has 4 nitrogen and oxygen atoms in total. The highest BCUT2D eigenvalue weighted by atomic mass is 16.2. The molecule has 2 saturated heterocycles. The van der Waals surface area contributed by atoms with Gasteiger partial charge in [0.25, 0.3) is 0 Å². The molecule has 2 rings (SSSR count). The fraction of sp³-hybridized carbons (Fsp3) is 0.933. The van der Waals surface area contributed by atoms with Crippen LogP contribution in [-0.2, 0) is 4.79 Å². The van der Waals surface area contributed by atoms with Crippen molar-refractivity contribution in [3.8, 4) is 0 Å². The minimum absolute atomic E-state index is 0.380. The number of carbonyl (C=O) groups excluding carboxylic acids is 1. The first kappa shape index (κ1) is 14.8. The standard InChI is InChI=1S/C15H29N3O/c1-3-14-12-18(11-10-17(14)2)15(19)5-4-13-6-8-16-9-7-13/h13-14,16H,3-12H2,1-2H3. The lowest BCUT2D eigenvalue weighted by atomic mass is 9.93. The van der Waals surface area contributed by atoms with Crippen LogP contribution in [0, 0.1) is 5.92 Å². The normalized spacial score (nSPS) is 26.6. The summed E-state index contributed by atoms with van der Waals surface area (Å²) in [5.74, 6) is 1.14. The molecule has 1 N–H and O–H groups in total. The van der Waals surface area contributed by atoms with Crippen LogP contribution in [0.2, 0.25) is 0 Å². The summed E-state index contributed by atoms with van der Waals surface area (Å²) in [6, 6.07) is 0.552. The SMILES string of the molecule is CCC1CN(C(=O)CCC2CCNCC2)CCN1C. The molecule has 0 aromatic carbocycles. The van der Waals surface area contributed by atoms with Crippen LogP contribution in [0.1, 0.15) is 39.0 Å². The van der Waals surface area contributed by atoms with E-state index in [1.54, 1.807) is 0 Å². The van der Waals surface area contributed by atoms with E-state index in [1.807, 2.05) is 0 Å². The van der Waals surface area contributed by atoms with Crippen LogP contribution in [0.25, 0.3) is 0 Å². The number of rotatable bonds is 4. The number of hydrogen-bond acceptors (Lipinski definition) is 3. The molecule has 19 heavy (non-hydrogen) atoms. The number of nitrogens with zero attached hydrogens (tertiary/aromatic N) is 2. The van der Waals surface area contributed by atoms with Crippen LogP contribution >= 0.6 is 0 Å². The minimum Gasteiger partial charge on any atom is -0.340 e.